The maximum Gasteiger partial charge on any atom is 0.0613 e. The van der Waals surface area contributed by atoms with Crippen LogP contribution in [0, 0.1) is 0 Å². The van der Waals surface area contributed by atoms with Crippen molar-refractivity contribution in [3.05, 3.63) is 71.3 Å². The first-order valence-electron chi connectivity index (χ1n) is 7.19. The van der Waals surface area contributed by atoms with Crippen LogP contribution in [0.5, 0.6) is 0 Å². The van der Waals surface area contributed by atoms with E-state index in [-0.39, 0.29) is 5.54 Å². The van der Waals surface area contributed by atoms with Crippen molar-refractivity contribution in [2.45, 2.75) is 24.4 Å². The number of fused-ring (bicyclic) bond motifs is 1. The van der Waals surface area contributed by atoms with Crippen molar-refractivity contribution in [2.24, 2.45) is 5.73 Å². The van der Waals surface area contributed by atoms with Crippen molar-refractivity contribution in [1.82, 2.24) is 4.90 Å². The number of hydrogen-bond donors (Lipinski definition) is 1. The van der Waals surface area contributed by atoms with Gasteiger partial charge < -0.3 is 10.6 Å². The van der Waals surface area contributed by atoms with Crippen molar-refractivity contribution in [3.63, 3.8) is 0 Å². The maximum absolute atomic E-state index is 6.91. The summed E-state index contributed by atoms with van der Waals surface area (Å²) in [6.45, 7) is 0. The molecule has 1 aliphatic carbocycles. The van der Waals surface area contributed by atoms with Crippen LogP contribution in [0.1, 0.15) is 16.7 Å². The van der Waals surface area contributed by atoms with Gasteiger partial charge in [-0.3, -0.25) is 0 Å². The minimum atomic E-state index is -0.304. The molecular weight excluding hydrogens is 244 g/mol. The van der Waals surface area contributed by atoms with E-state index in [1.54, 1.807) is 0 Å². The molecule has 2 atom stereocenters. The standard InChI is InChI=1S/C18H22N2/c1-20(2)17-12-15-10-6-7-11-16(15)18(17,19)13-14-8-4-3-5-9-14/h3-11,17H,12-13,19H2,1-2H3. The fraction of sp³-hybridized carbons (Fsp3) is 0.333. The van der Waals surface area contributed by atoms with Crippen LogP contribution in [0.2, 0.25) is 0 Å². The summed E-state index contributed by atoms with van der Waals surface area (Å²) in [5, 5.41) is 0. The van der Waals surface area contributed by atoms with E-state index in [9.17, 15) is 0 Å². The van der Waals surface area contributed by atoms with Gasteiger partial charge >= 0.3 is 0 Å². The predicted octanol–water partition coefficient (Wildman–Crippen LogP) is 2.57. The molecule has 104 valence electrons. The normalized spacial score (nSPS) is 24.9. The zero-order chi connectivity index (χ0) is 14.2. The summed E-state index contributed by atoms with van der Waals surface area (Å²) >= 11 is 0. The highest BCUT2D eigenvalue weighted by atomic mass is 15.1. The molecule has 0 bridgehead atoms. The SMILES string of the molecule is CN(C)C1Cc2ccccc2C1(N)Cc1ccccc1. The molecule has 2 heteroatoms. The third-order valence-corrected chi connectivity index (χ3v) is 4.49. The molecule has 0 saturated carbocycles. The van der Waals surface area contributed by atoms with Gasteiger partial charge in [-0.1, -0.05) is 54.6 Å². The van der Waals surface area contributed by atoms with Gasteiger partial charge in [-0.25, -0.2) is 0 Å². The first-order chi connectivity index (χ1) is 9.61. The molecule has 0 aliphatic heterocycles. The fourth-order valence-electron chi connectivity index (χ4n) is 3.51. The number of nitrogens with zero attached hydrogens (tertiary/aromatic N) is 1. The molecule has 2 unspecified atom stereocenters. The molecule has 0 fully saturated rings. The van der Waals surface area contributed by atoms with E-state index in [0.717, 1.165) is 12.8 Å². The number of hydrogen-bond acceptors (Lipinski definition) is 2. The van der Waals surface area contributed by atoms with Crippen LogP contribution in [0.3, 0.4) is 0 Å². The average molecular weight is 266 g/mol. The second-order valence-electron chi connectivity index (χ2n) is 6.04. The topological polar surface area (TPSA) is 29.3 Å². The Kier molecular flexibility index (Phi) is 3.36. The van der Waals surface area contributed by atoms with Crippen LogP contribution < -0.4 is 5.73 Å². The number of rotatable bonds is 3. The molecule has 20 heavy (non-hydrogen) atoms. The highest BCUT2D eigenvalue weighted by molar-refractivity contribution is 5.43. The van der Waals surface area contributed by atoms with Gasteiger partial charge in [-0.15, -0.1) is 0 Å². The minimum Gasteiger partial charge on any atom is -0.320 e. The van der Waals surface area contributed by atoms with Gasteiger partial charge in [0.25, 0.3) is 0 Å². The zero-order valence-corrected chi connectivity index (χ0v) is 12.2. The predicted molar refractivity (Wildman–Crippen MR) is 83.6 cm³/mol. The van der Waals surface area contributed by atoms with Crippen LogP contribution in [-0.4, -0.2) is 25.0 Å². The third kappa shape index (κ3) is 2.15. The molecule has 0 radical (unpaired) electrons. The van der Waals surface area contributed by atoms with Crippen LogP contribution >= 0.6 is 0 Å². The molecule has 1 aliphatic rings. The Morgan fingerprint density at radius 3 is 2.40 bits per heavy atom. The summed E-state index contributed by atoms with van der Waals surface area (Å²) in [5.41, 5.74) is 10.6. The highest BCUT2D eigenvalue weighted by Crippen LogP contribution is 2.39. The summed E-state index contributed by atoms with van der Waals surface area (Å²) < 4.78 is 0. The summed E-state index contributed by atoms with van der Waals surface area (Å²) in [4.78, 5) is 2.27. The van der Waals surface area contributed by atoms with Crippen LogP contribution in [0.25, 0.3) is 0 Å². The Hall–Kier alpha value is -1.64. The Balaban J connectivity index is 2.02. The molecule has 3 rings (SSSR count). The van der Waals surface area contributed by atoms with Gasteiger partial charge in [0.05, 0.1) is 5.54 Å². The summed E-state index contributed by atoms with van der Waals surface area (Å²) in [6, 6.07) is 19.5. The van der Waals surface area contributed by atoms with Crippen molar-refractivity contribution in [2.75, 3.05) is 14.1 Å². The summed E-state index contributed by atoms with van der Waals surface area (Å²) in [6.07, 6.45) is 1.92. The number of nitrogens with two attached hydrogens (primary N) is 1. The number of likely N-dealkylation sites (N-methyl/N-ethyl adjacent to an activating group) is 1. The van der Waals surface area contributed by atoms with Crippen molar-refractivity contribution < 1.29 is 0 Å². The third-order valence-electron chi connectivity index (χ3n) is 4.49. The van der Waals surface area contributed by atoms with Gasteiger partial charge in [-0.2, -0.15) is 0 Å². The van der Waals surface area contributed by atoms with Gasteiger partial charge in [0.1, 0.15) is 0 Å². The lowest BCUT2D eigenvalue weighted by Crippen LogP contribution is -2.53. The molecule has 0 spiro atoms. The largest absolute Gasteiger partial charge is 0.320 e. The highest BCUT2D eigenvalue weighted by Gasteiger charge is 2.44. The lowest BCUT2D eigenvalue weighted by Gasteiger charge is -2.37. The monoisotopic (exact) mass is 266 g/mol. The van der Waals surface area contributed by atoms with Crippen LogP contribution in [-0.2, 0) is 18.4 Å². The molecule has 2 nitrogen and oxygen atoms in total. The Bertz CT molecular complexity index is 591. The lowest BCUT2D eigenvalue weighted by atomic mass is 9.83. The smallest absolute Gasteiger partial charge is 0.0613 e. The van der Waals surface area contributed by atoms with E-state index in [2.05, 4.69) is 73.6 Å². The van der Waals surface area contributed by atoms with Crippen LogP contribution in [0.15, 0.2) is 54.6 Å². The maximum atomic E-state index is 6.91. The average Bonchev–Trinajstić information content (AvgIpc) is 2.74. The van der Waals surface area contributed by atoms with Crippen molar-refractivity contribution in [1.29, 1.82) is 0 Å². The molecule has 0 heterocycles. The van der Waals surface area contributed by atoms with Crippen LogP contribution in [0.4, 0.5) is 0 Å². The van der Waals surface area contributed by atoms with Gasteiger partial charge in [0.2, 0.25) is 0 Å². The van der Waals surface area contributed by atoms with Gasteiger partial charge in [0, 0.05) is 6.04 Å². The fourth-order valence-corrected chi connectivity index (χ4v) is 3.51. The first kappa shape index (κ1) is 13.3. The van der Waals surface area contributed by atoms with Gasteiger partial charge in [-0.05, 0) is 43.6 Å². The van der Waals surface area contributed by atoms with E-state index < -0.39 is 0 Å². The molecule has 2 aromatic rings. The second kappa shape index (κ2) is 5.04. The first-order valence-corrected chi connectivity index (χ1v) is 7.19. The Morgan fingerprint density at radius 2 is 1.70 bits per heavy atom. The van der Waals surface area contributed by atoms with Crippen molar-refractivity contribution >= 4 is 0 Å². The van der Waals surface area contributed by atoms with E-state index >= 15 is 0 Å². The second-order valence-corrected chi connectivity index (χ2v) is 6.04. The van der Waals surface area contributed by atoms with E-state index in [1.165, 1.54) is 16.7 Å². The molecule has 2 N–H and O–H groups in total. The molecular formula is C18H22N2. The van der Waals surface area contributed by atoms with Crippen molar-refractivity contribution in [3.8, 4) is 0 Å². The molecule has 0 amide bonds. The molecule has 0 aromatic heterocycles. The van der Waals surface area contributed by atoms with E-state index in [4.69, 9.17) is 5.73 Å². The zero-order valence-electron chi connectivity index (χ0n) is 12.2. The Labute approximate surface area is 121 Å². The van der Waals surface area contributed by atoms with E-state index in [1.807, 2.05) is 0 Å². The molecule has 2 aromatic carbocycles. The lowest BCUT2D eigenvalue weighted by molar-refractivity contribution is 0.192. The summed E-state index contributed by atoms with van der Waals surface area (Å²) in [5.74, 6) is 0. The molecule has 0 saturated heterocycles. The quantitative estimate of drug-likeness (QED) is 0.925. The van der Waals surface area contributed by atoms with Gasteiger partial charge in [0.15, 0.2) is 0 Å². The van der Waals surface area contributed by atoms with E-state index in [0.29, 0.717) is 6.04 Å². The number of benzene rings is 2. The summed E-state index contributed by atoms with van der Waals surface area (Å²) in [7, 11) is 4.26. The Morgan fingerprint density at radius 1 is 1.05 bits per heavy atom. The minimum absolute atomic E-state index is 0.304.